The van der Waals surface area contributed by atoms with Gasteiger partial charge in [-0.25, -0.2) is 0 Å². The molecule has 1 aliphatic heterocycles. The molecule has 6 nitrogen and oxygen atoms in total. The van der Waals surface area contributed by atoms with Crippen molar-refractivity contribution in [2.45, 2.75) is 19.5 Å². The number of carbonyl (C=O) groups is 1. The van der Waals surface area contributed by atoms with E-state index < -0.39 is 0 Å². The Morgan fingerprint density at radius 2 is 2.29 bits per heavy atom. The molecule has 1 N–H and O–H groups in total. The minimum absolute atomic E-state index is 0.248. The molecule has 0 bridgehead atoms. The number of amides is 1. The molecule has 0 atom stereocenters. The topological polar surface area (TPSA) is 74.0 Å². The predicted molar refractivity (Wildman–Crippen MR) is 125 cm³/mol. The highest BCUT2D eigenvalue weighted by Crippen LogP contribution is 2.38. The molecule has 31 heavy (non-hydrogen) atoms. The first-order valence-corrected chi connectivity index (χ1v) is 11.8. The summed E-state index contributed by atoms with van der Waals surface area (Å²) in [6.07, 6.45) is 3.97. The van der Waals surface area contributed by atoms with Crippen LogP contribution in [0.25, 0.3) is 10.1 Å². The highest BCUT2D eigenvalue weighted by Gasteiger charge is 2.26. The maximum Gasteiger partial charge on any atom is 0.259 e. The second-order valence-electron chi connectivity index (χ2n) is 7.54. The molecule has 0 aliphatic carbocycles. The molecule has 156 valence electrons. The van der Waals surface area contributed by atoms with Gasteiger partial charge in [-0.15, -0.1) is 22.7 Å². The van der Waals surface area contributed by atoms with Crippen molar-refractivity contribution in [1.29, 1.82) is 5.26 Å². The smallest absolute Gasteiger partial charge is 0.259 e. The zero-order valence-corrected chi connectivity index (χ0v) is 19.1. The Labute approximate surface area is 192 Å². The molecule has 3 aromatic heterocycles. The Kier molecular flexibility index (Phi) is 5.28. The molecule has 4 aromatic rings. The van der Waals surface area contributed by atoms with Crippen LogP contribution in [0.2, 0.25) is 5.02 Å². The monoisotopic (exact) mass is 467 g/mol. The number of hydrogen-bond donors (Lipinski definition) is 1. The van der Waals surface area contributed by atoms with Gasteiger partial charge in [0.1, 0.15) is 11.1 Å². The second kappa shape index (κ2) is 8.09. The van der Waals surface area contributed by atoms with Crippen molar-refractivity contribution in [2.24, 2.45) is 7.05 Å². The fourth-order valence-corrected chi connectivity index (χ4v) is 6.27. The number of nitrogens with one attached hydrogen (secondary N) is 1. The predicted octanol–water partition coefficient (Wildman–Crippen LogP) is 5.03. The Morgan fingerprint density at radius 3 is 3.06 bits per heavy atom. The van der Waals surface area contributed by atoms with Crippen LogP contribution in [0.1, 0.15) is 31.9 Å². The summed E-state index contributed by atoms with van der Waals surface area (Å²) in [7, 11) is 1.76. The number of fused-ring (bicyclic) bond motifs is 2. The maximum atomic E-state index is 12.5. The van der Waals surface area contributed by atoms with Crippen molar-refractivity contribution in [3.8, 4) is 6.07 Å². The van der Waals surface area contributed by atoms with Gasteiger partial charge in [0, 0.05) is 47.5 Å². The second-order valence-corrected chi connectivity index (χ2v) is 9.99. The molecule has 0 fully saturated rings. The normalized spacial score (nSPS) is 13.8. The third-order valence-corrected chi connectivity index (χ3v) is 7.83. The molecule has 5 rings (SSSR count). The molecule has 0 unspecified atom stereocenters. The standard InChI is InChI=1S/C22H18ClN5OS2/c1-27-9-13(8-25-27)21(29)26-22-18(7-24)16-4-5-28(11-20(16)31-22)10-14-12-30-19-3-2-15(23)6-17(14)19/h2-3,6,8-9,12H,4-5,10-11H2,1H3,(H,26,29). The summed E-state index contributed by atoms with van der Waals surface area (Å²) in [6, 6.07) is 8.32. The minimum atomic E-state index is -0.248. The third kappa shape index (κ3) is 3.86. The summed E-state index contributed by atoms with van der Waals surface area (Å²) in [4.78, 5) is 16.1. The third-order valence-electron chi connectivity index (χ3n) is 5.45. The lowest BCUT2D eigenvalue weighted by Crippen LogP contribution is -2.29. The van der Waals surface area contributed by atoms with Crippen LogP contribution >= 0.6 is 34.3 Å². The van der Waals surface area contributed by atoms with Gasteiger partial charge in [-0.2, -0.15) is 10.4 Å². The van der Waals surface area contributed by atoms with Gasteiger partial charge >= 0.3 is 0 Å². The van der Waals surface area contributed by atoms with Crippen LogP contribution in [0, 0.1) is 11.3 Å². The molecule has 0 saturated carbocycles. The van der Waals surface area contributed by atoms with Gasteiger partial charge in [0.2, 0.25) is 0 Å². The van der Waals surface area contributed by atoms with Crippen molar-refractivity contribution in [1.82, 2.24) is 14.7 Å². The highest BCUT2D eigenvalue weighted by atomic mass is 35.5. The van der Waals surface area contributed by atoms with E-state index in [1.165, 1.54) is 33.2 Å². The van der Waals surface area contributed by atoms with E-state index in [0.717, 1.165) is 41.5 Å². The van der Waals surface area contributed by atoms with Crippen LogP contribution in [0.5, 0.6) is 0 Å². The van der Waals surface area contributed by atoms with Crippen molar-refractivity contribution >= 4 is 55.3 Å². The molecule has 1 amide bonds. The lowest BCUT2D eigenvalue weighted by Gasteiger charge is -2.26. The van der Waals surface area contributed by atoms with E-state index in [0.29, 0.717) is 16.1 Å². The van der Waals surface area contributed by atoms with Gasteiger partial charge in [-0.3, -0.25) is 14.4 Å². The van der Waals surface area contributed by atoms with Gasteiger partial charge < -0.3 is 5.32 Å². The zero-order valence-electron chi connectivity index (χ0n) is 16.7. The number of nitrogens with zero attached hydrogens (tertiary/aromatic N) is 4. The number of carbonyl (C=O) groups excluding carboxylic acids is 1. The van der Waals surface area contributed by atoms with Crippen molar-refractivity contribution in [3.63, 3.8) is 0 Å². The Hall–Kier alpha value is -2.70. The van der Waals surface area contributed by atoms with Crippen molar-refractivity contribution in [3.05, 3.63) is 68.1 Å². The largest absolute Gasteiger partial charge is 0.312 e. The van der Waals surface area contributed by atoms with Crippen LogP contribution in [-0.2, 0) is 26.6 Å². The quantitative estimate of drug-likeness (QED) is 0.456. The fourth-order valence-electron chi connectivity index (χ4n) is 3.93. The summed E-state index contributed by atoms with van der Waals surface area (Å²) >= 11 is 9.43. The van der Waals surface area contributed by atoms with Crippen LogP contribution in [0.3, 0.4) is 0 Å². The molecular weight excluding hydrogens is 450 g/mol. The van der Waals surface area contributed by atoms with Gasteiger partial charge in [-0.1, -0.05) is 11.6 Å². The summed E-state index contributed by atoms with van der Waals surface area (Å²) in [5, 5.41) is 21.5. The number of aromatic nitrogens is 2. The molecule has 1 aliphatic rings. The van der Waals surface area contributed by atoms with Crippen LogP contribution < -0.4 is 5.32 Å². The SMILES string of the molecule is Cn1cc(C(=O)Nc2sc3c(c2C#N)CCN(Cc2csc4ccc(Cl)cc24)C3)cn1. The number of aryl methyl sites for hydroxylation is 1. The lowest BCUT2D eigenvalue weighted by atomic mass is 10.0. The average Bonchev–Trinajstić information content (AvgIpc) is 3.44. The van der Waals surface area contributed by atoms with E-state index in [9.17, 15) is 10.1 Å². The first kappa shape index (κ1) is 20.2. The molecule has 1 aromatic carbocycles. The number of thiophene rings is 2. The van der Waals surface area contributed by atoms with E-state index in [1.807, 2.05) is 12.1 Å². The number of benzene rings is 1. The first-order valence-electron chi connectivity index (χ1n) is 9.74. The summed E-state index contributed by atoms with van der Waals surface area (Å²) in [5.74, 6) is -0.248. The van der Waals surface area contributed by atoms with Crippen molar-refractivity contribution in [2.75, 3.05) is 11.9 Å². The van der Waals surface area contributed by atoms with Crippen LogP contribution in [0.4, 0.5) is 5.00 Å². The van der Waals surface area contributed by atoms with E-state index in [4.69, 9.17) is 11.6 Å². The Bertz CT molecular complexity index is 1350. The molecule has 0 saturated heterocycles. The van der Waals surface area contributed by atoms with Crippen molar-refractivity contribution < 1.29 is 4.79 Å². The van der Waals surface area contributed by atoms with Gasteiger partial charge in [-0.05, 0) is 46.5 Å². The van der Waals surface area contributed by atoms with Gasteiger partial charge in [0.05, 0.1) is 17.3 Å². The van der Waals surface area contributed by atoms with Gasteiger partial charge in [0.15, 0.2) is 0 Å². The molecule has 0 spiro atoms. The highest BCUT2D eigenvalue weighted by molar-refractivity contribution is 7.17. The molecule has 9 heteroatoms. The van der Waals surface area contributed by atoms with E-state index >= 15 is 0 Å². The average molecular weight is 468 g/mol. The zero-order chi connectivity index (χ0) is 21.5. The number of halogens is 1. The van der Waals surface area contributed by atoms with E-state index in [2.05, 4.69) is 32.8 Å². The summed E-state index contributed by atoms with van der Waals surface area (Å²) in [5.41, 5.74) is 3.39. The van der Waals surface area contributed by atoms with Crippen LogP contribution in [-0.4, -0.2) is 27.1 Å². The lowest BCUT2D eigenvalue weighted by molar-refractivity contribution is 0.102. The van der Waals surface area contributed by atoms with Crippen LogP contribution in [0.15, 0.2) is 36.0 Å². The number of rotatable bonds is 4. The Balaban J connectivity index is 1.36. The van der Waals surface area contributed by atoms with E-state index in [-0.39, 0.29) is 5.91 Å². The number of anilines is 1. The minimum Gasteiger partial charge on any atom is -0.312 e. The number of nitriles is 1. The Morgan fingerprint density at radius 1 is 1.42 bits per heavy atom. The molecule has 4 heterocycles. The summed E-state index contributed by atoms with van der Waals surface area (Å²) < 4.78 is 2.82. The van der Waals surface area contributed by atoms with Gasteiger partial charge in [0.25, 0.3) is 5.91 Å². The first-order chi connectivity index (χ1) is 15.0. The van der Waals surface area contributed by atoms with E-state index in [1.54, 1.807) is 29.3 Å². The number of hydrogen-bond acceptors (Lipinski definition) is 6. The summed E-state index contributed by atoms with van der Waals surface area (Å²) in [6.45, 7) is 2.46. The molecule has 0 radical (unpaired) electrons. The molecular formula is C22H18ClN5OS2. The fraction of sp³-hybridized carbons (Fsp3) is 0.227. The maximum absolute atomic E-state index is 12.5.